The minimum atomic E-state index is -4.77. The van der Waals surface area contributed by atoms with Gasteiger partial charge in [-0.3, -0.25) is 9.55 Å². The quantitative estimate of drug-likeness (QED) is 0.149. The molecule has 5 heterocycles. The Morgan fingerprint density at radius 3 is 2.20 bits per heavy atom. The van der Waals surface area contributed by atoms with E-state index in [9.17, 15) is 13.2 Å². The zero-order valence-corrected chi connectivity index (χ0v) is 36.2. The Hall–Kier alpha value is -5.83. The van der Waals surface area contributed by atoms with Gasteiger partial charge >= 0.3 is 27.2 Å². The van der Waals surface area contributed by atoms with Gasteiger partial charge < -0.3 is 9.14 Å². The largest absolute Gasteiger partial charge is 2.00 e. The fourth-order valence-corrected chi connectivity index (χ4v) is 9.21. The Labute approximate surface area is 362 Å². The molecular formula is C49H36F3N5OPtS. The molecule has 11 heteroatoms. The normalized spacial score (nSPS) is 12.2. The van der Waals surface area contributed by atoms with Crippen LogP contribution in [0.5, 0.6) is 11.8 Å². The molecule has 5 aromatic carbocycles. The molecule has 60 heavy (non-hydrogen) atoms. The van der Waals surface area contributed by atoms with E-state index in [2.05, 4.69) is 73.5 Å². The first-order valence-corrected chi connectivity index (χ1v) is 20.3. The molecule has 0 aliphatic carbocycles. The van der Waals surface area contributed by atoms with E-state index in [0.717, 1.165) is 70.6 Å². The summed E-state index contributed by atoms with van der Waals surface area (Å²) in [4.78, 5) is 15.8. The van der Waals surface area contributed by atoms with E-state index in [0.29, 0.717) is 28.4 Å². The monoisotopic (exact) mass is 994 g/mol. The third-order valence-electron chi connectivity index (χ3n) is 10.9. The average Bonchev–Trinajstić information content (AvgIpc) is 3.89. The van der Waals surface area contributed by atoms with Gasteiger partial charge in [-0.15, -0.1) is 17.7 Å². The predicted octanol–water partition coefficient (Wildman–Crippen LogP) is 13.9. The number of thiophene rings is 1. The predicted molar refractivity (Wildman–Crippen MR) is 231 cm³/mol. The summed E-state index contributed by atoms with van der Waals surface area (Å²) in [5.74, 6) is 0.615. The Morgan fingerprint density at radius 2 is 1.45 bits per heavy atom. The van der Waals surface area contributed by atoms with Crippen LogP contribution in [0.1, 0.15) is 61.1 Å². The van der Waals surface area contributed by atoms with E-state index >= 15 is 0 Å². The Balaban J connectivity index is 0.00000462. The van der Waals surface area contributed by atoms with E-state index < -0.39 is 17.6 Å². The SMILES string of the molecule is Cc1cc2c([c-]c(-c3ccc(C(F)(F)F)c(Oc4cc(-c5c(C(C)C)cccc5C(C)C)cc(-n5c6[c-]cccc6n6c7ccccc7nc56)n4)n3)c3ccccc32)s1.[Pt+2]. The maximum Gasteiger partial charge on any atom is 2.00 e. The van der Waals surface area contributed by atoms with Gasteiger partial charge in [0.2, 0.25) is 17.5 Å². The zero-order valence-electron chi connectivity index (χ0n) is 33.1. The number of para-hydroxylation sites is 3. The Morgan fingerprint density at radius 1 is 0.733 bits per heavy atom. The van der Waals surface area contributed by atoms with Crippen LogP contribution in [0.3, 0.4) is 0 Å². The van der Waals surface area contributed by atoms with Crippen molar-refractivity contribution in [2.45, 2.75) is 52.6 Å². The summed E-state index contributed by atoms with van der Waals surface area (Å²) >= 11 is 1.58. The fourth-order valence-electron chi connectivity index (χ4n) is 8.28. The third-order valence-corrected chi connectivity index (χ3v) is 11.9. The van der Waals surface area contributed by atoms with Crippen molar-refractivity contribution < 1.29 is 39.0 Å². The summed E-state index contributed by atoms with van der Waals surface area (Å²) in [6, 6.07) is 42.8. The first kappa shape index (κ1) is 39.6. The van der Waals surface area contributed by atoms with Crippen LogP contribution in [0.2, 0.25) is 0 Å². The number of ether oxygens (including phenoxy) is 1. The molecule has 0 atom stereocenters. The number of hydrogen-bond acceptors (Lipinski definition) is 5. The molecule has 0 radical (unpaired) electrons. The van der Waals surface area contributed by atoms with Gasteiger partial charge in [0.05, 0.1) is 11.0 Å². The number of benzene rings is 5. The maximum absolute atomic E-state index is 15.0. The summed E-state index contributed by atoms with van der Waals surface area (Å²) in [6.45, 7) is 10.6. The van der Waals surface area contributed by atoms with Gasteiger partial charge in [0, 0.05) is 6.07 Å². The minimum Gasteiger partial charge on any atom is -0.421 e. The van der Waals surface area contributed by atoms with Gasteiger partial charge in [-0.1, -0.05) is 117 Å². The van der Waals surface area contributed by atoms with Crippen molar-refractivity contribution in [1.82, 2.24) is 23.9 Å². The van der Waals surface area contributed by atoms with Crippen molar-refractivity contribution >= 4 is 60.0 Å². The van der Waals surface area contributed by atoms with Crippen molar-refractivity contribution in [2.75, 3.05) is 0 Å². The number of halogens is 3. The molecule has 0 bridgehead atoms. The summed E-state index contributed by atoms with van der Waals surface area (Å²) in [6.07, 6.45) is -4.77. The van der Waals surface area contributed by atoms with Crippen LogP contribution in [0.4, 0.5) is 13.2 Å². The van der Waals surface area contributed by atoms with Gasteiger partial charge in [-0.2, -0.15) is 47.7 Å². The smallest absolute Gasteiger partial charge is 0.421 e. The number of hydrogen-bond donors (Lipinski definition) is 0. The zero-order chi connectivity index (χ0) is 40.7. The van der Waals surface area contributed by atoms with Crippen molar-refractivity contribution in [3.63, 3.8) is 0 Å². The van der Waals surface area contributed by atoms with Gasteiger partial charge in [0.1, 0.15) is 11.4 Å². The van der Waals surface area contributed by atoms with Crippen molar-refractivity contribution in [3.05, 3.63) is 149 Å². The minimum absolute atomic E-state index is 0. The van der Waals surface area contributed by atoms with E-state index in [-0.39, 0.29) is 38.8 Å². The van der Waals surface area contributed by atoms with E-state index in [1.807, 2.05) is 84.3 Å². The van der Waals surface area contributed by atoms with Crippen molar-refractivity contribution in [3.8, 4) is 40.0 Å². The second-order valence-electron chi connectivity index (χ2n) is 15.4. The molecular weight excluding hydrogens is 959 g/mol. The van der Waals surface area contributed by atoms with Crippen LogP contribution < -0.4 is 4.74 Å². The summed E-state index contributed by atoms with van der Waals surface area (Å²) in [5.41, 5.74) is 7.04. The molecule has 0 aliphatic rings. The first-order chi connectivity index (χ1) is 28.4. The second-order valence-corrected chi connectivity index (χ2v) is 16.7. The standard InChI is InChI=1S/C49H36F3N5OS.Pt/c1-27(2)31-15-12-16-32(28(3)4)46(31)30-24-44(57-42-20-11-10-19-41(42)56-40-18-9-8-17-39(40)54-48(56)57)55-45(25-30)58-47-37(49(50,51)52)21-22-38(53-47)35-26-43-36(23-29(5)59-43)34-14-7-6-13-33(34)35;/h6-19,21-25,27-28H,1-5H3;/q-2;+2. The van der Waals surface area contributed by atoms with Crippen LogP contribution in [-0.2, 0) is 27.2 Å². The van der Waals surface area contributed by atoms with Crippen molar-refractivity contribution in [1.29, 1.82) is 0 Å². The summed E-state index contributed by atoms with van der Waals surface area (Å²) in [7, 11) is 0. The van der Waals surface area contributed by atoms with E-state index in [1.165, 1.54) is 6.07 Å². The Bertz CT molecular complexity index is 3260. The molecule has 0 saturated heterocycles. The number of pyridine rings is 2. The molecule has 0 aliphatic heterocycles. The number of rotatable bonds is 7. The first-order valence-electron chi connectivity index (χ1n) is 19.5. The van der Waals surface area contributed by atoms with Crippen LogP contribution in [0, 0.1) is 19.1 Å². The van der Waals surface area contributed by atoms with Gasteiger partial charge in [-0.05, 0) is 85.5 Å². The van der Waals surface area contributed by atoms with Crippen LogP contribution >= 0.6 is 11.3 Å². The number of nitrogens with zero attached hydrogens (tertiary/aromatic N) is 5. The Kier molecular flexibility index (Phi) is 9.91. The molecule has 0 saturated carbocycles. The molecule has 300 valence electrons. The van der Waals surface area contributed by atoms with Gasteiger partial charge in [-0.25, -0.2) is 4.98 Å². The molecule has 0 amide bonds. The molecule has 10 rings (SSSR count). The second kappa shape index (κ2) is 15.0. The number of aryl methyl sites for hydroxylation is 1. The molecule has 0 unspecified atom stereocenters. The number of fused-ring (bicyclic) bond motifs is 8. The molecule has 0 fully saturated rings. The molecule has 0 spiro atoms. The molecule has 0 N–H and O–H groups in total. The molecule has 5 aromatic heterocycles. The average molecular weight is 995 g/mol. The summed E-state index contributed by atoms with van der Waals surface area (Å²) < 4.78 is 56.1. The molecule has 6 nitrogen and oxygen atoms in total. The van der Waals surface area contributed by atoms with Crippen LogP contribution in [0.15, 0.2) is 115 Å². The number of aromatic nitrogens is 5. The molecule has 10 aromatic rings. The van der Waals surface area contributed by atoms with Crippen LogP contribution in [0.25, 0.3) is 76.9 Å². The van der Waals surface area contributed by atoms with E-state index in [4.69, 9.17) is 14.7 Å². The maximum atomic E-state index is 15.0. The van der Waals surface area contributed by atoms with Crippen molar-refractivity contribution in [2.24, 2.45) is 0 Å². The summed E-state index contributed by atoms with van der Waals surface area (Å²) in [5, 5.41) is 2.85. The van der Waals surface area contributed by atoms with Crippen LogP contribution in [-0.4, -0.2) is 23.9 Å². The topological polar surface area (TPSA) is 57.2 Å². The number of alkyl halides is 3. The third kappa shape index (κ3) is 6.57. The fraction of sp³-hybridized carbons (Fsp3) is 0.163. The van der Waals surface area contributed by atoms with Gasteiger partial charge in [0.15, 0.2) is 0 Å². The van der Waals surface area contributed by atoms with Gasteiger partial charge in [0.25, 0.3) is 0 Å². The number of imidazole rings is 2. The van der Waals surface area contributed by atoms with E-state index in [1.54, 1.807) is 17.4 Å².